The molecule has 5 atom stereocenters. The molecular formula is C34H31N7O8. The standard InChI is InChI=1S/C34H31N7O8/c35-22(16-19-10-4-1-5-11-19)32(44)41(34(47)48-17-20-12-6-2-7-13-20)24-25(42)27(49-26(24)33(45)46)30-38-23-28(39-30)36-18-37-29(23)40-31(43)21-14-8-3-9-15-21/h1-15,18,22,24-27,42H,16-17,35H2,(H,45,46)(H2,36,37,38,39,40,43)/t22-,24-,25+,26-,27+/m0/s1. The maximum absolute atomic E-state index is 13.9. The molecule has 3 heterocycles. The van der Waals surface area contributed by atoms with Crippen LogP contribution in [-0.2, 0) is 32.1 Å². The Bertz CT molecular complexity index is 1960. The summed E-state index contributed by atoms with van der Waals surface area (Å²) in [5.41, 5.74) is 8.18. The molecule has 15 nitrogen and oxygen atoms in total. The van der Waals surface area contributed by atoms with Gasteiger partial charge in [-0.15, -0.1) is 0 Å². The minimum Gasteiger partial charge on any atom is -0.479 e. The first-order chi connectivity index (χ1) is 23.7. The average molecular weight is 666 g/mol. The summed E-state index contributed by atoms with van der Waals surface area (Å²) in [6, 6.07) is 22.7. The SMILES string of the molecule is N[C@@H](Cc1ccccc1)C(=O)N(C(=O)OCc1ccccc1)[C@H]1[C@@H](O)[C@H](c2nc3ncnc(NC(=O)c4ccccc4)c3[nH]2)O[C@@H]1C(=O)O. The van der Waals surface area contributed by atoms with Gasteiger partial charge >= 0.3 is 12.1 Å². The predicted octanol–water partition coefficient (Wildman–Crippen LogP) is 2.59. The number of amides is 3. The molecular weight excluding hydrogens is 634 g/mol. The number of carboxylic acid groups (broad SMARTS) is 1. The van der Waals surface area contributed by atoms with Gasteiger partial charge in [0.2, 0.25) is 5.91 Å². The van der Waals surface area contributed by atoms with E-state index in [0.717, 1.165) is 0 Å². The van der Waals surface area contributed by atoms with Crippen LogP contribution in [0.3, 0.4) is 0 Å². The Kier molecular flexibility index (Phi) is 9.66. The fourth-order valence-corrected chi connectivity index (χ4v) is 5.52. The first-order valence-corrected chi connectivity index (χ1v) is 15.2. The summed E-state index contributed by atoms with van der Waals surface area (Å²) >= 11 is 0. The number of hydrogen-bond acceptors (Lipinski definition) is 11. The molecule has 250 valence electrons. The highest BCUT2D eigenvalue weighted by Crippen LogP contribution is 2.37. The maximum atomic E-state index is 13.9. The molecule has 0 radical (unpaired) electrons. The normalized spacial score (nSPS) is 19.2. The summed E-state index contributed by atoms with van der Waals surface area (Å²) in [5.74, 6) is -3.04. The van der Waals surface area contributed by atoms with E-state index in [-0.39, 0.29) is 35.8 Å². The van der Waals surface area contributed by atoms with Gasteiger partial charge in [0.15, 0.2) is 17.6 Å². The Hall–Kier alpha value is -6.03. The summed E-state index contributed by atoms with van der Waals surface area (Å²) < 4.78 is 11.2. The van der Waals surface area contributed by atoms with Crippen LogP contribution in [0.5, 0.6) is 0 Å². The summed E-state index contributed by atoms with van der Waals surface area (Å²) in [6.45, 7) is -0.248. The molecule has 1 fully saturated rings. The van der Waals surface area contributed by atoms with Crippen LogP contribution in [0.25, 0.3) is 11.2 Å². The number of aromatic nitrogens is 4. The van der Waals surface area contributed by atoms with Crippen LogP contribution in [-0.4, -0.2) is 83.2 Å². The van der Waals surface area contributed by atoms with Crippen molar-refractivity contribution in [1.29, 1.82) is 0 Å². The number of aliphatic carboxylic acids is 1. The lowest BCUT2D eigenvalue weighted by atomic mass is 10.00. The first-order valence-electron chi connectivity index (χ1n) is 15.2. The third kappa shape index (κ3) is 7.13. The van der Waals surface area contributed by atoms with E-state index >= 15 is 0 Å². The minimum atomic E-state index is -1.91. The zero-order valence-electron chi connectivity index (χ0n) is 25.7. The quantitative estimate of drug-likeness (QED) is 0.145. The van der Waals surface area contributed by atoms with Crippen LogP contribution in [0.2, 0.25) is 0 Å². The molecule has 2 aromatic heterocycles. The largest absolute Gasteiger partial charge is 0.479 e. The Morgan fingerprint density at radius 3 is 2.22 bits per heavy atom. The molecule has 15 heteroatoms. The van der Waals surface area contributed by atoms with Gasteiger partial charge < -0.3 is 35.7 Å². The number of H-pyrrole nitrogens is 1. The molecule has 1 saturated heterocycles. The molecule has 0 bridgehead atoms. The number of anilines is 1. The summed E-state index contributed by atoms with van der Waals surface area (Å²) in [6.07, 6.45) is -5.28. The number of imidazole rings is 1. The van der Waals surface area contributed by atoms with Gasteiger partial charge in [0.05, 0.1) is 6.04 Å². The van der Waals surface area contributed by atoms with Crippen molar-refractivity contribution in [2.24, 2.45) is 5.73 Å². The Morgan fingerprint density at radius 2 is 1.57 bits per heavy atom. The Morgan fingerprint density at radius 1 is 0.939 bits per heavy atom. The lowest BCUT2D eigenvalue weighted by Gasteiger charge is -2.31. The number of aromatic amines is 1. The van der Waals surface area contributed by atoms with E-state index in [2.05, 4.69) is 25.3 Å². The second-order valence-electron chi connectivity index (χ2n) is 11.2. The van der Waals surface area contributed by atoms with Gasteiger partial charge in [-0.2, -0.15) is 0 Å². The molecule has 0 spiro atoms. The van der Waals surface area contributed by atoms with Crippen molar-refractivity contribution >= 4 is 40.9 Å². The van der Waals surface area contributed by atoms with Crippen molar-refractivity contribution in [2.75, 3.05) is 5.32 Å². The van der Waals surface area contributed by atoms with Crippen molar-refractivity contribution in [3.05, 3.63) is 120 Å². The van der Waals surface area contributed by atoms with E-state index in [9.17, 15) is 29.4 Å². The maximum Gasteiger partial charge on any atom is 0.417 e. The first kappa shape index (κ1) is 32.9. The third-order valence-electron chi connectivity index (χ3n) is 7.90. The number of aliphatic hydroxyl groups excluding tert-OH is 1. The highest BCUT2D eigenvalue weighted by atomic mass is 16.6. The highest BCUT2D eigenvalue weighted by Gasteiger charge is 2.55. The van der Waals surface area contributed by atoms with Crippen LogP contribution >= 0.6 is 0 Å². The second-order valence-corrected chi connectivity index (χ2v) is 11.2. The number of imide groups is 1. The lowest BCUT2D eigenvalue weighted by molar-refractivity contribution is -0.153. The number of hydrogen-bond donors (Lipinski definition) is 5. The molecule has 3 aromatic carbocycles. The lowest BCUT2D eigenvalue weighted by Crippen LogP contribution is -2.59. The number of ether oxygens (including phenoxy) is 2. The molecule has 6 rings (SSSR count). The summed E-state index contributed by atoms with van der Waals surface area (Å²) in [4.78, 5) is 68.9. The van der Waals surface area contributed by atoms with Gasteiger partial charge in [0.25, 0.3) is 5.91 Å². The number of carbonyl (C=O) groups is 4. The second kappa shape index (κ2) is 14.4. The third-order valence-corrected chi connectivity index (χ3v) is 7.90. The van der Waals surface area contributed by atoms with Gasteiger partial charge in [0.1, 0.15) is 42.5 Å². The van der Waals surface area contributed by atoms with E-state index in [4.69, 9.17) is 15.2 Å². The van der Waals surface area contributed by atoms with Gasteiger partial charge in [-0.1, -0.05) is 78.9 Å². The van der Waals surface area contributed by atoms with E-state index in [1.807, 2.05) is 0 Å². The molecule has 0 unspecified atom stereocenters. The number of fused-ring (bicyclic) bond motifs is 1. The number of rotatable bonds is 10. The van der Waals surface area contributed by atoms with Gasteiger partial charge in [-0.25, -0.2) is 29.4 Å². The number of nitrogens with zero attached hydrogens (tertiary/aromatic N) is 4. The zero-order valence-corrected chi connectivity index (χ0v) is 25.7. The van der Waals surface area contributed by atoms with Crippen molar-refractivity contribution in [3.63, 3.8) is 0 Å². The number of carbonyl (C=O) groups excluding carboxylic acids is 3. The smallest absolute Gasteiger partial charge is 0.417 e. The minimum absolute atomic E-state index is 0.00665. The number of nitrogens with two attached hydrogens (primary N) is 1. The molecule has 6 N–H and O–H groups in total. The number of aliphatic hydroxyl groups is 1. The predicted molar refractivity (Wildman–Crippen MR) is 173 cm³/mol. The van der Waals surface area contributed by atoms with E-state index in [1.165, 1.54) is 6.33 Å². The Balaban J connectivity index is 1.31. The number of nitrogens with one attached hydrogen (secondary N) is 2. The van der Waals surface area contributed by atoms with Crippen LogP contribution in [0.1, 0.15) is 33.4 Å². The highest BCUT2D eigenvalue weighted by molar-refractivity contribution is 6.06. The van der Waals surface area contributed by atoms with E-state index in [1.54, 1.807) is 91.0 Å². The van der Waals surface area contributed by atoms with Gasteiger partial charge in [-0.05, 0) is 29.7 Å². The fraction of sp³-hybridized carbons (Fsp3) is 0.206. The molecule has 1 aliphatic rings. The summed E-state index contributed by atoms with van der Waals surface area (Å²) in [7, 11) is 0. The van der Waals surface area contributed by atoms with Gasteiger partial charge in [-0.3, -0.25) is 9.59 Å². The number of carboxylic acids is 1. The summed E-state index contributed by atoms with van der Waals surface area (Å²) in [5, 5.41) is 24.5. The molecule has 0 aliphatic carbocycles. The molecule has 3 amide bonds. The topological polar surface area (TPSA) is 223 Å². The molecule has 1 aliphatic heterocycles. The van der Waals surface area contributed by atoms with Crippen molar-refractivity contribution < 1.29 is 38.9 Å². The zero-order chi connectivity index (χ0) is 34.5. The van der Waals surface area contributed by atoms with E-state index < -0.39 is 54.3 Å². The fourth-order valence-electron chi connectivity index (χ4n) is 5.52. The van der Waals surface area contributed by atoms with Gasteiger partial charge in [0, 0.05) is 5.56 Å². The van der Waals surface area contributed by atoms with Crippen molar-refractivity contribution in [3.8, 4) is 0 Å². The number of benzene rings is 3. The van der Waals surface area contributed by atoms with Crippen LogP contribution in [0.4, 0.5) is 10.6 Å². The van der Waals surface area contributed by atoms with Crippen LogP contribution in [0, 0.1) is 0 Å². The Labute approximate surface area is 278 Å². The van der Waals surface area contributed by atoms with Crippen LogP contribution < -0.4 is 11.1 Å². The molecule has 49 heavy (non-hydrogen) atoms. The monoisotopic (exact) mass is 665 g/mol. The van der Waals surface area contributed by atoms with Crippen molar-refractivity contribution in [1.82, 2.24) is 24.8 Å². The molecule has 5 aromatic rings. The average Bonchev–Trinajstić information content (AvgIpc) is 3.70. The van der Waals surface area contributed by atoms with Crippen LogP contribution in [0.15, 0.2) is 97.3 Å². The molecule has 0 saturated carbocycles. The van der Waals surface area contributed by atoms with Crippen molar-refractivity contribution in [2.45, 2.75) is 43.4 Å². The van der Waals surface area contributed by atoms with E-state index in [0.29, 0.717) is 21.6 Å².